The minimum absolute atomic E-state index is 0.106. The van der Waals surface area contributed by atoms with Gasteiger partial charge in [0, 0.05) is 11.6 Å². The van der Waals surface area contributed by atoms with Crippen molar-refractivity contribution in [2.24, 2.45) is 0 Å². The first-order valence-corrected chi connectivity index (χ1v) is 5.30. The van der Waals surface area contributed by atoms with Crippen LogP contribution in [0.2, 0.25) is 0 Å². The maximum Gasteiger partial charge on any atom is 0.335 e. The van der Waals surface area contributed by atoms with Crippen molar-refractivity contribution in [2.75, 3.05) is 0 Å². The van der Waals surface area contributed by atoms with Gasteiger partial charge in [0.1, 0.15) is 0 Å². The summed E-state index contributed by atoms with van der Waals surface area (Å²) in [6, 6.07) is 7.18. The number of carboxylic acid groups (broad SMARTS) is 1. The summed E-state index contributed by atoms with van der Waals surface area (Å²) in [4.78, 5) is 10.7. The second-order valence-electron chi connectivity index (χ2n) is 3.70. The number of hydrogen-bond acceptors (Lipinski definition) is 2. The highest BCUT2D eigenvalue weighted by Crippen LogP contribution is 2.05. The molecule has 0 unspecified atom stereocenters. The number of carboxylic acids is 1. The number of halogens is 1. The Labute approximate surface area is 108 Å². The average Bonchev–Trinajstić information content (AvgIpc) is 2.38. The van der Waals surface area contributed by atoms with Gasteiger partial charge in [-0.2, -0.15) is 9.12 Å². The van der Waals surface area contributed by atoms with Gasteiger partial charge in [0.05, 0.1) is 11.1 Å². The van der Waals surface area contributed by atoms with Crippen LogP contribution in [0.5, 0.6) is 0 Å². The highest BCUT2D eigenvalue weighted by Gasteiger charge is 2.03. The lowest BCUT2D eigenvalue weighted by atomic mass is 10.1. The molecule has 1 aromatic heterocycles. The number of hydrogen-bond donors (Lipinski definition) is 1. The van der Waals surface area contributed by atoms with E-state index < -0.39 is 11.8 Å². The molecule has 4 nitrogen and oxygen atoms in total. The summed E-state index contributed by atoms with van der Waals surface area (Å²) in [5.74, 6) is 3.55. The second-order valence-corrected chi connectivity index (χ2v) is 3.70. The molecule has 5 heteroatoms. The minimum atomic E-state index is -1.02. The van der Waals surface area contributed by atoms with Crippen molar-refractivity contribution in [1.29, 1.82) is 0 Å². The van der Waals surface area contributed by atoms with Crippen LogP contribution in [0.25, 0.3) is 0 Å². The van der Waals surface area contributed by atoms with Crippen LogP contribution in [0.15, 0.2) is 42.7 Å². The Morgan fingerprint density at radius 2 is 1.89 bits per heavy atom. The third kappa shape index (κ3) is 3.07. The van der Waals surface area contributed by atoms with Gasteiger partial charge >= 0.3 is 5.97 Å². The molecule has 0 saturated carbocycles. The van der Waals surface area contributed by atoms with Crippen molar-refractivity contribution in [3.63, 3.8) is 0 Å². The maximum atomic E-state index is 13.3. The molecule has 0 amide bonds. The molecule has 19 heavy (non-hydrogen) atoms. The molecular weight excluding hydrogens is 249 g/mol. The molecule has 0 aliphatic rings. The monoisotopic (exact) mass is 257 g/mol. The fourth-order valence-corrected chi connectivity index (χ4v) is 1.39. The normalized spacial score (nSPS) is 9.53. The molecular formula is C14H8FNO3. The van der Waals surface area contributed by atoms with E-state index in [1.807, 2.05) is 0 Å². The fourth-order valence-electron chi connectivity index (χ4n) is 1.39. The van der Waals surface area contributed by atoms with Gasteiger partial charge < -0.3 is 10.3 Å². The fraction of sp³-hybridized carbons (Fsp3) is 0. The Kier molecular flexibility index (Phi) is 3.44. The van der Waals surface area contributed by atoms with Gasteiger partial charge in [-0.15, -0.1) is 0 Å². The van der Waals surface area contributed by atoms with E-state index in [0.29, 0.717) is 10.3 Å². The zero-order chi connectivity index (χ0) is 13.8. The summed E-state index contributed by atoms with van der Waals surface area (Å²) in [5.41, 5.74) is 0.821. The first kappa shape index (κ1) is 12.6. The van der Waals surface area contributed by atoms with E-state index in [2.05, 4.69) is 11.8 Å². The standard InChI is InChI=1S/C14H8FNO3/c15-13-9-16(19)8-7-11(13)4-1-10-2-5-12(6-3-10)14(17)18/h2-3,5-9H,(H,17,18). The van der Waals surface area contributed by atoms with Crippen molar-refractivity contribution < 1.29 is 19.0 Å². The summed E-state index contributed by atoms with van der Waals surface area (Å²) in [6.45, 7) is 0. The van der Waals surface area contributed by atoms with Crippen LogP contribution in [-0.4, -0.2) is 11.1 Å². The Balaban J connectivity index is 2.26. The smallest absolute Gasteiger partial charge is 0.335 e. The molecule has 0 atom stereocenters. The first-order valence-electron chi connectivity index (χ1n) is 5.30. The molecule has 0 bridgehead atoms. The van der Waals surface area contributed by atoms with Gasteiger partial charge in [-0.3, -0.25) is 0 Å². The van der Waals surface area contributed by atoms with Crippen molar-refractivity contribution >= 4 is 5.97 Å². The van der Waals surface area contributed by atoms with Crippen molar-refractivity contribution in [2.45, 2.75) is 0 Å². The summed E-state index contributed by atoms with van der Waals surface area (Å²) in [5, 5.41) is 19.5. The van der Waals surface area contributed by atoms with Gasteiger partial charge in [0.2, 0.25) is 12.0 Å². The number of nitrogens with zero attached hydrogens (tertiary/aromatic N) is 1. The third-order valence-electron chi connectivity index (χ3n) is 2.36. The highest BCUT2D eigenvalue weighted by atomic mass is 19.1. The number of aromatic nitrogens is 1. The molecule has 0 aliphatic heterocycles. The first-order chi connectivity index (χ1) is 9.06. The number of carbonyl (C=O) groups is 1. The molecule has 2 rings (SSSR count). The largest absolute Gasteiger partial charge is 0.619 e. The predicted octanol–water partition coefficient (Wildman–Crippen LogP) is 1.56. The maximum absolute atomic E-state index is 13.3. The van der Waals surface area contributed by atoms with Gasteiger partial charge in [-0.25, -0.2) is 4.79 Å². The lowest BCUT2D eigenvalue weighted by molar-refractivity contribution is -0.607. The molecule has 0 spiro atoms. The zero-order valence-electron chi connectivity index (χ0n) is 9.63. The van der Waals surface area contributed by atoms with Crippen LogP contribution in [-0.2, 0) is 0 Å². The minimum Gasteiger partial charge on any atom is -0.619 e. The third-order valence-corrected chi connectivity index (χ3v) is 2.36. The molecule has 0 saturated heterocycles. The van der Waals surface area contributed by atoms with Crippen molar-refractivity contribution in [3.8, 4) is 11.8 Å². The second kappa shape index (κ2) is 5.19. The van der Waals surface area contributed by atoms with Crippen LogP contribution in [0, 0.1) is 22.9 Å². The van der Waals surface area contributed by atoms with Crippen LogP contribution < -0.4 is 4.73 Å². The average molecular weight is 257 g/mol. The lowest BCUT2D eigenvalue weighted by Crippen LogP contribution is -2.25. The van der Waals surface area contributed by atoms with E-state index in [4.69, 9.17) is 5.11 Å². The van der Waals surface area contributed by atoms with E-state index >= 15 is 0 Å². The van der Waals surface area contributed by atoms with Crippen LogP contribution in [0.4, 0.5) is 4.39 Å². The van der Waals surface area contributed by atoms with Crippen molar-refractivity contribution in [1.82, 2.24) is 0 Å². The van der Waals surface area contributed by atoms with E-state index in [0.717, 1.165) is 12.4 Å². The Morgan fingerprint density at radius 1 is 1.21 bits per heavy atom. The molecule has 1 N–H and O–H groups in total. The quantitative estimate of drug-likeness (QED) is 0.479. The lowest BCUT2D eigenvalue weighted by Gasteiger charge is -1.96. The van der Waals surface area contributed by atoms with Gasteiger partial charge in [0.15, 0.2) is 6.20 Å². The SMILES string of the molecule is O=C(O)c1ccc(C#Cc2cc[n+]([O-])cc2F)cc1. The van der Waals surface area contributed by atoms with Crippen molar-refractivity contribution in [3.05, 3.63) is 70.4 Å². The molecule has 0 aliphatic carbocycles. The van der Waals surface area contributed by atoms with Crippen LogP contribution >= 0.6 is 0 Å². The zero-order valence-corrected chi connectivity index (χ0v) is 9.63. The van der Waals surface area contributed by atoms with Crippen LogP contribution in [0.3, 0.4) is 0 Å². The molecule has 2 aromatic rings. The van der Waals surface area contributed by atoms with E-state index in [1.165, 1.54) is 30.3 Å². The highest BCUT2D eigenvalue weighted by molar-refractivity contribution is 5.87. The molecule has 94 valence electrons. The van der Waals surface area contributed by atoms with Gasteiger partial charge in [-0.1, -0.05) is 11.8 Å². The number of benzene rings is 1. The van der Waals surface area contributed by atoms with E-state index in [1.54, 1.807) is 0 Å². The summed E-state index contributed by atoms with van der Waals surface area (Å²) in [6.07, 6.45) is 1.94. The summed E-state index contributed by atoms with van der Waals surface area (Å²) >= 11 is 0. The van der Waals surface area contributed by atoms with Gasteiger partial charge in [-0.05, 0) is 24.3 Å². The van der Waals surface area contributed by atoms with Crippen LogP contribution in [0.1, 0.15) is 21.5 Å². The summed E-state index contributed by atoms with van der Waals surface area (Å²) < 4.78 is 13.7. The molecule has 0 radical (unpaired) electrons. The number of aromatic carboxylic acids is 1. The van der Waals surface area contributed by atoms with Gasteiger partial charge in [0.25, 0.3) is 0 Å². The summed E-state index contributed by atoms with van der Waals surface area (Å²) in [7, 11) is 0. The number of rotatable bonds is 1. The molecule has 1 aromatic carbocycles. The van der Waals surface area contributed by atoms with E-state index in [9.17, 15) is 14.4 Å². The molecule has 1 heterocycles. The Bertz CT molecular complexity index is 684. The van der Waals surface area contributed by atoms with E-state index in [-0.39, 0.29) is 11.1 Å². The number of pyridine rings is 1. The Morgan fingerprint density at radius 3 is 2.47 bits per heavy atom. The topological polar surface area (TPSA) is 64.2 Å². The molecule has 0 fully saturated rings. The Hall–Kier alpha value is -2.87. The predicted molar refractivity (Wildman–Crippen MR) is 64.7 cm³/mol.